The normalized spacial score (nSPS) is 10.3. The lowest BCUT2D eigenvalue weighted by atomic mass is 10.2. The molecule has 0 aliphatic carbocycles. The average molecular weight is 216 g/mol. The minimum absolute atomic E-state index is 0.219. The molecule has 0 atom stereocenters. The van der Waals surface area contributed by atoms with Gasteiger partial charge in [-0.1, -0.05) is 6.07 Å². The number of pyridine rings is 1. The van der Waals surface area contributed by atoms with Crippen molar-refractivity contribution < 1.29 is 4.57 Å². The summed E-state index contributed by atoms with van der Waals surface area (Å²) in [7, 11) is 0. The zero-order valence-electron chi connectivity index (χ0n) is 9.09. The van der Waals surface area contributed by atoms with E-state index in [1.165, 1.54) is 0 Å². The summed E-state index contributed by atoms with van der Waals surface area (Å²) in [6, 6.07) is 5.89. The first-order chi connectivity index (χ1) is 7.66. The molecule has 0 spiro atoms. The zero-order valence-corrected chi connectivity index (χ0v) is 9.09. The molecule has 0 aromatic carbocycles. The Labute approximate surface area is 93.8 Å². The summed E-state index contributed by atoms with van der Waals surface area (Å²) in [5, 5.41) is 0. The fourth-order valence-electron chi connectivity index (χ4n) is 1.56. The molecule has 82 valence electrons. The van der Waals surface area contributed by atoms with Crippen LogP contribution < -0.4 is 16.0 Å². The molecule has 0 aliphatic heterocycles. The van der Waals surface area contributed by atoms with Gasteiger partial charge in [-0.05, 0) is 6.92 Å². The molecule has 0 saturated carbocycles. The van der Waals surface area contributed by atoms with E-state index in [4.69, 9.17) is 11.5 Å². The van der Waals surface area contributed by atoms with E-state index in [0.29, 0.717) is 12.4 Å². The van der Waals surface area contributed by atoms with Gasteiger partial charge in [0.2, 0.25) is 5.95 Å². The van der Waals surface area contributed by atoms with Crippen molar-refractivity contribution in [1.29, 1.82) is 0 Å². The van der Waals surface area contributed by atoms with Gasteiger partial charge in [0.05, 0.1) is 11.3 Å². The van der Waals surface area contributed by atoms with Gasteiger partial charge in [-0.25, -0.2) is 9.55 Å². The van der Waals surface area contributed by atoms with Crippen LogP contribution in [-0.2, 0) is 6.54 Å². The maximum atomic E-state index is 5.83. The van der Waals surface area contributed by atoms with E-state index in [-0.39, 0.29) is 5.95 Å². The summed E-state index contributed by atoms with van der Waals surface area (Å²) < 4.78 is 2.01. The lowest BCUT2D eigenvalue weighted by molar-refractivity contribution is -0.688. The number of aromatic nitrogens is 3. The fraction of sp³-hybridized carbons (Fsp3) is 0.182. The van der Waals surface area contributed by atoms with Crippen molar-refractivity contribution in [3.05, 3.63) is 41.9 Å². The molecular weight excluding hydrogens is 202 g/mol. The lowest BCUT2D eigenvalue weighted by Crippen LogP contribution is -2.34. The summed E-state index contributed by atoms with van der Waals surface area (Å²) in [4.78, 5) is 8.07. The summed E-state index contributed by atoms with van der Waals surface area (Å²) in [6.07, 6.45) is 3.93. The second kappa shape index (κ2) is 4.14. The molecule has 2 aromatic rings. The van der Waals surface area contributed by atoms with Crippen molar-refractivity contribution in [2.75, 3.05) is 11.5 Å². The van der Waals surface area contributed by atoms with Gasteiger partial charge in [-0.3, -0.25) is 0 Å². The van der Waals surface area contributed by atoms with Crippen LogP contribution in [0.3, 0.4) is 0 Å². The molecule has 0 saturated heterocycles. The first-order valence-electron chi connectivity index (χ1n) is 4.99. The lowest BCUT2D eigenvalue weighted by Gasteiger charge is -2.05. The smallest absolute Gasteiger partial charge is 0.222 e. The number of nitrogens with two attached hydrogens (primary N) is 2. The van der Waals surface area contributed by atoms with Crippen molar-refractivity contribution in [3.8, 4) is 0 Å². The Kier molecular flexibility index (Phi) is 2.68. The van der Waals surface area contributed by atoms with Crippen LogP contribution in [0, 0.1) is 6.92 Å². The Morgan fingerprint density at radius 1 is 1.12 bits per heavy atom. The van der Waals surface area contributed by atoms with Crippen molar-refractivity contribution in [2.45, 2.75) is 13.5 Å². The topological polar surface area (TPSA) is 81.7 Å². The molecule has 0 bridgehead atoms. The van der Waals surface area contributed by atoms with E-state index in [1.54, 1.807) is 0 Å². The number of hydrogen-bond acceptors (Lipinski definition) is 4. The molecule has 5 heteroatoms. The number of rotatable bonds is 2. The zero-order chi connectivity index (χ0) is 11.5. The standard InChI is InChI=1S/C11H14N5/c1-8-9(10(12)15-11(13)14-8)7-16-5-3-2-4-6-16/h2-6H,7H2,1H3,(H4,12,13,14,15)/q+1. The van der Waals surface area contributed by atoms with Crippen molar-refractivity contribution in [2.24, 2.45) is 0 Å². The molecule has 0 aliphatic rings. The van der Waals surface area contributed by atoms with Gasteiger partial charge in [0.15, 0.2) is 18.9 Å². The Hall–Kier alpha value is -2.17. The van der Waals surface area contributed by atoms with Crippen LogP contribution in [0.5, 0.6) is 0 Å². The third-order valence-electron chi connectivity index (χ3n) is 2.38. The fourth-order valence-corrected chi connectivity index (χ4v) is 1.56. The first-order valence-corrected chi connectivity index (χ1v) is 4.99. The number of hydrogen-bond donors (Lipinski definition) is 2. The SMILES string of the molecule is Cc1nc(N)nc(N)c1C[n+]1ccccc1. The predicted molar refractivity (Wildman–Crippen MR) is 61.3 cm³/mol. The first kappa shape index (κ1) is 10.4. The molecule has 2 heterocycles. The van der Waals surface area contributed by atoms with Crippen molar-refractivity contribution in [3.63, 3.8) is 0 Å². The van der Waals surface area contributed by atoms with Crippen LogP contribution >= 0.6 is 0 Å². The van der Waals surface area contributed by atoms with Crippen LogP contribution in [0.25, 0.3) is 0 Å². The van der Waals surface area contributed by atoms with Crippen molar-refractivity contribution >= 4 is 11.8 Å². The quantitative estimate of drug-likeness (QED) is 0.707. The molecule has 16 heavy (non-hydrogen) atoms. The number of aryl methyl sites for hydroxylation is 1. The molecule has 4 N–H and O–H groups in total. The second-order valence-corrected chi connectivity index (χ2v) is 3.58. The third-order valence-corrected chi connectivity index (χ3v) is 2.38. The highest BCUT2D eigenvalue weighted by Crippen LogP contribution is 2.13. The van der Waals surface area contributed by atoms with E-state index in [2.05, 4.69) is 9.97 Å². The van der Waals surface area contributed by atoms with Crippen LogP contribution in [0.1, 0.15) is 11.3 Å². The average Bonchev–Trinajstić information content (AvgIpc) is 2.25. The van der Waals surface area contributed by atoms with Gasteiger partial charge in [-0.15, -0.1) is 0 Å². The van der Waals surface area contributed by atoms with Gasteiger partial charge >= 0.3 is 0 Å². The second-order valence-electron chi connectivity index (χ2n) is 3.58. The van der Waals surface area contributed by atoms with E-state index in [9.17, 15) is 0 Å². The Morgan fingerprint density at radius 2 is 1.81 bits per heavy atom. The molecular formula is C11H14N5+. The monoisotopic (exact) mass is 216 g/mol. The summed E-state index contributed by atoms with van der Waals surface area (Å²) in [5.41, 5.74) is 13.1. The van der Waals surface area contributed by atoms with Gasteiger partial charge < -0.3 is 11.5 Å². The van der Waals surface area contributed by atoms with Crippen LogP contribution in [0.4, 0.5) is 11.8 Å². The molecule has 2 rings (SSSR count). The van der Waals surface area contributed by atoms with E-state index in [1.807, 2.05) is 42.1 Å². The van der Waals surface area contributed by atoms with Crippen LogP contribution in [0.2, 0.25) is 0 Å². The predicted octanol–water partition coefficient (Wildman–Crippen LogP) is 0.285. The minimum Gasteiger partial charge on any atom is -0.383 e. The third kappa shape index (κ3) is 2.08. The number of nitrogen functional groups attached to an aromatic ring is 2. The highest BCUT2D eigenvalue weighted by Gasteiger charge is 2.12. The van der Waals surface area contributed by atoms with E-state index < -0.39 is 0 Å². The maximum absolute atomic E-state index is 5.83. The molecule has 0 amide bonds. The van der Waals surface area contributed by atoms with Crippen LogP contribution in [-0.4, -0.2) is 9.97 Å². The molecule has 0 unspecified atom stereocenters. The largest absolute Gasteiger partial charge is 0.383 e. The summed E-state index contributed by atoms with van der Waals surface area (Å²) >= 11 is 0. The number of nitrogens with zero attached hydrogens (tertiary/aromatic N) is 3. The maximum Gasteiger partial charge on any atom is 0.222 e. The highest BCUT2D eigenvalue weighted by atomic mass is 15.0. The van der Waals surface area contributed by atoms with Gasteiger partial charge in [0.25, 0.3) is 0 Å². The van der Waals surface area contributed by atoms with Crippen LogP contribution in [0.15, 0.2) is 30.6 Å². The van der Waals surface area contributed by atoms with E-state index >= 15 is 0 Å². The molecule has 0 radical (unpaired) electrons. The molecule has 2 aromatic heterocycles. The summed E-state index contributed by atoms with van der Waals surface area (Å²) in [5.74, 6) is 0.665. The van der Waals surface area contributed by atoms with E-state index in [0.717, 1.165) is 11.3 Å². The molecule has 0 fully saturated rings. The van der Waals surface area contributed by atoms with Crippen molar-refractivity contribution in [1.82, 2.24) is 9.97 Å². The van der Waals surface area contributed by atoms with Gasteiger partial charge in [0.1, 0.15) is 5.82 Å². The minimum atomic E-state index is 0.219. The Balaban J connectivity index is 2.35. The highest BCUT2D eigenvalue weighted by molar-refractivity contribution is 5.44. The summed E-state index contributed by atoms with van der Waals surface area (Å²) in [6.45, 7) is 2.53. The Morgan fingerprint density at radius 3 is 2.44 bits per heavy atom. The molecule has 5 nitrogen and oxygen atoms in total. The number of anilines is 2. The Bertz CT molecular complexity index is 472. The van der Waals surface area contributed by atoms with Gasteiger partial charge in [-0.2, -0.15) is 4.98 Å². The van der Waals surface area contributed by atoms with Gasteiger partial charge in [0, 0.05) is 12.1 Å².